The van der Waals surface area contributed by atoms with Gasteiger partial charge in [0.2, 0.25) is 0 Å². The van der Waals surface area contributed by atoms with Crippen molar-refractivity contribution in [2.24, 2.45) is 0 Å². The van der Waals surface area contributed by atoms with E-state index >= 15 is 0 Å². The van der Waals surface area contributed by atoms with Gasteiger partial charge >= 0.3 is 0 Å². The van der Waals surface area contributed by atoms with Crippen LogP contribution in [0.2, 0.25) is 0 Å². The molecule has 0 radical (unpaired) electrons. The summed E-state index contributed by atoms with van der Waals surface area (Å²) in [6.45, 7) is 9.04. The summed E-state index contributed by atoms with van der Waals surface area (Å²) < 4.78 is 0. The van der Waals surface area contributed by atoms with E-state index in [2.05, 4.69) is 38.7 Å². The molecule has 0 aromatic carbocycles. The maximum Gasteiger partial charge on any atom is 0.109 e. The van der Waals surface area contributed by atoms with Crippen LogP contribution in [-0.4, -0.2) is 9.97 Å². The van der Waals surface area contributed by atoms with Crippen molar-refractivity contribution in [3.63, 3.8) is 0 Å². The monoisotopic (exact) mass is 248 g/mol. The average molecular weight is 248 g/mol. The summed E-state index contributed by atoms with van der Waals surface area (Å²) in [5.41, 5.74) is 2.65. The van der Waals surface area contributed by atoms with Gasteiger partial charge in [0.15, 0.2) is 0 Å². The largest absolute Gasteiger partial charge is 0.250 e. The number of hydrogen-bond donors (Lipinski definition) is 0. The Kier molecular flexibility index (Phi) is 3.53. The van der Waals surface area contributed by atoms with Gasteiger partial charge in [0.25, 0.3) is 0 Å². The van der Waals surface area contributed by atoms with Gasteiger partial charge in [0.05, 0.1) is 10.9 Å². The maximum absolute atomic E-state index is 4.84. The van der Waals surface area contributed by atoms with Crippen molar-refractivity contribution < 1.29 is 0 Å². The summed E-state index contributed by atoms with van der Waals surface area (Å²) >= 11 is 0. The van der Waals surface area contributed by atoms with Crippen LogP contribution in [0.15, 0.2) is 18.3 Å². The molecule has 2 rings (SSSR count). The molecule has 0 saturated carbocycles. The van der Waals surface area contributed by atoms with Crippen molar-refractivity contribution in [1.82, 2.24) is 9.97 Å². The molecule has 2 aromatic rings. The molecule has 3 heteroatoms. The molecule has 0 amide bonds. The van der Waals surface area contributed by atoms with E-state index in [4.69, 9.17) is 4.98 Å². The Balaban J connectivity index is 2.57. The van der Waals surface area contributed by atoms with Gasteiger partial charge in [0.1, 0.15) is 5.25 Å². The minimum absolute atomic E-state index is 0.167. The van der Waals surface area contributed by atoms with Crippen molar-refractivity contribution in [2.45, 2.75) is 52.1 Å². The Morgan fingerprint density at radius 1 is 1.29 bits per heavy atom. The van der Waals surface area contributed by atoms with Crippen LogP contribution >= 0.6 is 7.53 Å². The number of nitrogens with zero attached hydrogens (tertiary/aromatic N) is 2. The van der Waals surface area contributed by atoms with E-state index in [1.54, 1.807) is 0 Å². The highest BCUT2D eigenvalue weighted by atomic mass is 31.1. The molecule has 92 valence electrons. The zero-order valence-electron chi connectivity index (χ0n) is 11.2. The van der Waals surface area contributed by atoms with Crippen LogP contribution < -0.4 is 0 Å². The predicted octanol–water partition coefficient (Wildman–Crippen LogP) is 4.71. The molecule has 0 aliphatic carbocycles. The van der Waals surface area contributed by atoms with Crippen molar-refractivity contribution in [1.29, 1.82) is 0 Å². The number of rotatable bonds is 3. The highest BCUT2D eigenvalue weighted by molar-refractivity contribution is 7.55. The van der Waals surface area contributed by atoms with E-state index in [-0.39, 0.29) is 12.9 Å². The fraction of sp³-hybridized carbons (Fsp3) is 0.571. The number of fused-ring (bicyclic) bond motifs is 1. The SMILES string of the molecule is CCCCp1c(C(C)(C)C)nc2cccnc21. The van der Waals surface area contributed by atoms with E-state index in [9.17, 15) is 0 Å². The average Bonchev–Trinajstić information content (AvgIpc) is 2.65. The van der Waals surface area contributed by atoms with Crippen molar-refractivity contribution in [2.75, 3.05) is 0 Å². The smallest absolute Gasteiger partial charge is 0.109 e. The van der Waals surface area contributed by atoms with Gasteiger partial charge < -0.3 is 0 Å². The summed E-state index contributed by atoms with van der Waals surface area (Å²) in [4.78, 5) is 9.41. The van der Waals surface area contributed by atoms with Gasteiger partial charge in [0, 0.05) is 11.6 Å². The van der Waals surface area contributed by atoms with E-state index in [1.165, 1.54) is 29.7 Å². The third kappa shape index (κ3) is 2.52. The van der Waals surface area contributed by atoms with E-state index in [0.29, 0.717) is 0 Å². The summed E-state index contributed by atoms with van der Waals surface area (Å²) in [6.07, 6.45) is 5.67. The van der Waals surface area contributed by atoms with Crippen molar-refractivity contribution in [3.8, 4) is 0 Å². The third-order valence-corrected chi connectivity index (χ3v) is 5.81. The number of hydrogen-bond acceptors (Lipinski definition) is 2. The molecule has 0 fully saturated rings. The first-order valence-electron chi connectivity index (χ1n) is 6.35. The quantitative estimate of drug-likeness (QED) is 0.785. The molecule has 1 atom stereocenters. The Hall–Kier alpha value is -0.880. The van der Waals surface area contributed by atoms with Crippen LogP contribution in [0.4, 0.5) is 0 Å². The lowest BCUT2D eigenvalue weighted by Gasteiger charge is -2.18. The molecule has 2 nitrogen and oxygen atoms in total. The van der Waals surface area contributed by atoms with Crippen LogP contribution in [0.1, 0.15) is 46.0 Å². The molecule has 0 aliphatic rings. The lowest BCUT2D eigenvalue weighted by atomic mass is 9.98. The van der Waals surface area contributed by atoms with Crippen molar-refractivity contribution in [3.05, 3.63) is 23.8 Å². The molecule has 0 saturated heterocycles. The molecular weight excluding hydrogens is 227 g/mol. The van der Waals surface area contributed by atoms with Crippen LogP contribution in [0.25, 0.3) is 10.8 Å². The Morgan fingerprint density at radius 2 is 2.06 bits per heavy atom. The molecular formula is C14H21N2P. The van der Waals surface area contributed by atoms with E-state index in [0.717, 1.165) is 5.52 Å². The zero-order chi connectivity index (χ0) is 12.5. The normalized spacial score (nSPS) is 13.3. The maximum atomic E-state index is 4.84. The van der Waals surface area contributed by atoms with Crippen LogP contribution in [0.3, 0.4) is 0 Å². The summed E-state index contributed by atoms with van der Waals surface area (Å²) in [5, 5.41) is 1.25. The first-order chi connectivity index (χ1) is 8.04. The van der Waals surface area contributed by atoms with Gasteiger partial charge in [-0.25, -0.2) is 4.98 Å². The number of pyridine rings is 1. The topological polar surface area (TPSA) is 25.8 Å². The van der Waals surface area contributed by atoms with E-state index in [1.807, 2.05) is 12.3 Å². The first kappa shape index (κ1) is 12.6. The summed E-state index contributed by atoms with van der Waals surface area (Å²) in [6, 6.07) is 4.09. The lowest BCUT2D eigenvalue weighted by Crippen LogP contribution is -2.10. The van der Waals surface area contributed by atoms with Gasteiger partial charge in [-0.3, -0.25) is 4.98 Å². The second kappa shape index (κ2) is 4.78. The molecule has 0 aliphatic heterocycles. The summed E-state index contributed by atoms with van der Waals surface area (Å²) in [7, 11) is -0.279. The molecule has 2 aromatic heterocycles. The van der Waals surface area contributed by atoms with Crippen molar-refractivity contribution >= 4 is 18.3 Å². The molecule has 17 heavy (non-hydrogen) atoms. The lowest BCUT2D eigenvalue weighted by molar-refractivity contribution is 0.586. The predicted molar refractivity (Wildman–Crippen MR) is 75.9 cm³/mol. The van der Waals surface area contributed by atoms with E-state index < -0.39 is 0 Å². The van der Waals surface area contributed by atoms with Crippen LogP contribution in [0.5, 0.6) is 0 Å². The minimum atomic E-state index is -0.279. The summed E-state index contributed by atoms with van der Waals surface area (Å²) in [5.74, 6) is 0. The number of unbranched alkanes of at least 4 members (excludes halogenated alkanes) is 1. The highest BCUT2D eigenvalue weighted by Crippen LogP contribution is 2.47. The zero-order valence-corrected chi connectivity index (χ0v) is 12.1. The van der Waals surface area contributed by atoms with Gasteiger partial charge in [-0.1, -0.05) is 41.6 Å². The fourth-order valence-corrected chi connectivity index (χ4v) is 4.96. The number of aromatic nitrogens is 2. The van der Waals surface area contributed by atoms with Gasteiger partial charge in [-0.15, -0.1) is 0 Å². The molecule has 0 spiro atoms. The second-order valence-electron chi connectivity index (χ2n) is 5.54. The third-order valence-electron chi connectivity index (χ3n) is 2.91. The standard InChI is InChI=1S/C14H21N2P/c1-5-6-10-17-12-11(8-7-9-15-12)16-13(17)14(2,3)4/h7-9H,5-6,10H2,1-4H3. The van der Waals surface area contributed by atoms with Crippen LogP contribution in [0, 0.1) is 0 Å². The number of aryl methyl sites for hydroxylation is 1. The van der Waals surface area contributed by atoms with Crippen LogP contribution in [-0.2, 0) is 11.6 Å². The molecule has 0 bridgehead atoms. The second-order valence-corrected chi connectivity index (χ2v) is 7.69. The van der Waals surface area contributed by atoms with Gasteiger partial charge in [-0.05, 0) is 24.7 Å². The Bertz CT molecular complexity index is 508. The van der Waals surface area contributed by atoms with Gasteiger partial charge in [-0.2, -0.15) is 0 Å². The molecule has 2 heterocycles. The first-order valence-corrected chi connectivity index (χ1v) is 7.88. The Morgan fingerprint density at radius 3 is 2.71 bits per heavy atom. The highest BCUT2D eigenvalue weighted by Gasteiger charge is 2.23. The Labute approximate surface area is 105 Å². The molecule has 1 unspecified atom stereocenters. The fourth-order valence-electron chi connectivity index (χ4n) is 2.06. The minimum Gasteiger partial charge on any atom is -0.250 e. The molecule has 0 N–H and O–H groups in total.